The van der Waals surface area contributed by atoms with Gasteiger partial charge in [0.05, 0.1) is 25.2 Å². The summed E-state index contributed by atoms with van der Waals surface area (Å²) < 4.78 is 33.6. The molecule has 1 heterocycles. The number of amides is 2. The molecule has 8 nitrogen and oxygen atoms in total. The zero-order chi connectivity index (χ0) is 19.2. The SMILES string of the molecule is COCCN(C(=O)C(=O)NCc1ccccc1OC)C1CCS(=O)(=O)C1. The molecule has 1 unspecified atom stereocenters. The maximum absolute atomic E-state index is 12.6. The van der Waals surface area contributed by atoms with E-state index < -0.39 is 27.7 Å². The summed E-state index contributed by atoms with van der Waals surface area (Å²) in [7, 11) is -0.163. The van der Waals surface area contributed by atoms with E-state index in [2.05, 4.69) is 5.32 Å². The van der Waals surface area contributed by atoms with E-state index in [1.807, 2.05) is 6.07 Å². The molecule has 1 N–H and O–H groups in total. The zero-order valence-electron chi connectivity index (χ0n) is 14.9. The van der Waals surface area contributed by atoms with Crippen molar-refractivity contribution in [2.24, 2.45) is 0 Å². The lowest BCUT2D eigenvalue weighted by atomic mass is 10.2. The molecule has 0 spiro atoms. The summed E-state index contributed by atoms with van der Waals surface area (Å²) in [6, 6.07) is 6.66. The lowest BCUT2D eigenvalue weighted by Gasteiger charge is -2.27. The Morgan fingerprint density at radius 2 is 2.00 bits per heavy atom. The second-order valence-corrected chi connectivity index (χ2v) is 8.27. The maximum atomic E-state index is 12.6. The highest BCUT2D eigenvalue weighted by molar-refractivity contribution is 7.91. The van der Waals surface area contributed by atoms with Gasteiger partial charge >= 0.3 is 11.8 Å². The Labute approximate surface area is 153 Å². The molecule has 0 radical (unpaired) electrons. The van der Waals surface area contributed by atoms with Gasteiger partial charge in [0.15, 0.2) is 9.84 Å². The molecule has 26 heavy (non-hydrogen) atoms. The minimum Gasteiger partial charge on any atom is -0.496 e. The predicted molar refractivity (Wildman–Crippen MR) is 95.5 cm³/mol. The number of rotatable bonds is 7. The highest BCUT2D eigenvalue weighted by atomic mass is 32.2. The third-order valence-corrected chi connectivity index (χ3v) is 6.02. The van der Waals surface area contributed by atoms with Gasteiger partial charge < -0.3 is 19.7 Å². The van der Waals surface area contributed by atoms with Crippen molar-refractivity contribution in [1.82, 2.24) is 10.2 Å². The van der Waals surface area contributed by atoms with E-state index in [0.29, 0.717) is 12.2 Å². The molecule has 0 bridgehead atoms. The lowest BCUT2D eigenvalue weighted by molar-refractivity contribution is -0.147. The Kier molecular flexibility index (Phi) is 6.98. The van der Waals surface area contributed by atoms with Crippen LogP contribution in [0.5, 0.6) is 5.75 Å². The van der Waals surface area contributed by atoms with Crippen LogP contribution in [0, 0.1) is 0 Å². The maximum Gasteiger partial charge on any atom is 0.312 e. The van der Waals surface area contributed by atoms with Gasteiger partial charge in [-0.2, -0.15) is 0 Å². The highest BCUT2D eigenvalue weighted by Crippen LogP contribution is 2.19. The summed E-state index contributed by atoms with van der Waals surface area (Å²) in [6.07, 6.45) is 0.331. The van der Waals surface area contributed by atoms with Crippen LogP contribution in [0.4, 0.5) is 0 Å². The summed E-state index contributed by atoms with van der Waals surface area (Å²) in [5.41, 5.74) is 0.739. The standard InChI is InChI=1S/C17H24N2O6S/c1-24-9-8-19(14-7-10-26(22,23)12-14)17(21)16(20)18-11-13-5-3-4-6-15(13)25-2/h3-6,14H,7-12H2,1-2H3,(H,18,20). The summed E-state index contributed by atoms with van der Waals surface area (Å²) in [4.78, 5) is 26.2. The molecule has 1 atom stereocenters. The first-order chi connectivity index (χ1) is 12.4. The van der Waals surface area contributed by atoms with E-state index >= 15 is 0 Å². The fourth-order valence-corrected chi connectivity index (χ4v) is 4.62. The van der Waals surface area contributed by atoms with Crippen molar-refractivity contribution in [3.05, 3.63) is 29.8 Å². The molecule has 1 aromatic carbocycles. The van der Waals surface area contributed by atoms with Gasteiger partial charge in [0, 0.05) is 31.8 Å². The third-order valence-electron chi connectivity index (χ3n) is 4.27. The fourth-order valence-electron chi connectivity index (χ4n) is 2.89. The molecule has 1 aromatic rings. The number of ether oxygens (including phenoxy) is 2. The minimum absolute atomic E-state index is 0.0251. The summed E-state index contributed by atoms with van der Waals surface area (Å²) in [5, 5.41) is 2.57. The van der Waals surface area contributed by atoms with Crippen molar-refractivity contribution in [1.29, 1.82) is 0 Å². The Morgan fingerprint density at radius 3 is 2.62 bits per heavy atom. The molecule has 9 heteroatoms. The number of hydrogen-bond donors (Lipinski definition) is 1. The highest BCUT2D eigenvalue weighted by Gasteiger charge is 2.36. The number of sulfone groups is 1. The summed E-state index contributed by atoms with van der Waals surface area (Å²) >= 11 is 0. The molecule has 1 aliphatic rings. The van der Waals surface area contributed by atoms with E-state index in [9.17, 15) is 18.0 Å². The molecule has 1 saturated heterocycles. The van der Waals surface area contributed by atoms with E-state index in [-0.39, 0.29) is 31.2 Å². The number of benzene rings is 1. The van der Waals surface area contributed by atoms with Crippen LogP contribution in [0.3, 0.4) is 0 Å². The van der Waals surface area contributed by atoms with Crippen LogP contribution in [0.1, 0.15) is 12.0 Å². The van der Waals surface area contributed by atoms with E-state index in [1.165, 1.54) is 19.1 Å². The van der Waals surface area contributed by atoms with Crippen LogP contribution in [0.15, 0.2) is 24.3 Å². The number of carbonyl (C=O) groups excluding carboxylic acids is 2. The molecule has 2 rings (SSSR count). The van der Waals surface area contributed by atoms with Crippen LogP contribution in [-0.4, -0.2) is 70.1 Å². The van der Waals surface area contributed by atoms with Gasteiger partial charge in [0.1, 0.15) is 5.75 Å². The van der Waals surface area contributed by atoms with Gasteiger partial charge in [0.2, 0.25) is 0 Å². The second-order valence-electron chi connectivity index (χ2n) is 6.04. The van der Waals surface area contributed by atoms with Crippen molar-refractivity contribution in [3.63, 3.8) is 0 Å². The average Bonchev–Trinajstić information content (AvgIpc) is 2.99. The Morgan fingerprint density at radius 1 is 1.27 bits per heavy atom. The van der Waals surface area contributed by atoms with Crippen molar-refractivity contribution in [2.75, 3.05) is 38.9 Å². The van der Waals surface area contributed by atoms with Gasteiger partial charge in [-0.25, -0.2) is 8.42 Å². The molecule has 2 amide bonds. The van der Waals surface area contributed by atoms with Crippen molar-refractivity contribution in [3.8, 4) is 5.75 Å². The number of nitrogens with zero attached hydrogens (tertiary/aromatic N) is 1. The number of methoxy groups -OCH3 is 2. The first kappa shape index (κ1) is 20.2. The molecule has 144 valence electrons. The van der Waals surface area contributed by atoms with E-state index in [4.69, 9.17) is 9.47 Å². The van der Waals surface area contributed by atoms with Crippen molar-refractivity contribution < 1.29 is 27.5 Å². The third kappa shape index (κ3) is 5.18. The monoisotopic (exact) mass is 384 g/mol. The van der Waals surface area contributed by atoms with Crippen LogP contribution in [-0.2, 0) is 30.7 Å². The quantitative estimate of drug-likeness (QED) is 0.663. The van der Waals surface area contributed by atoms with E-state index in [1.54, 1.807) is 18.2 Å². The first-order valence-electron chi connectivity index (χ1n) is 8.28. The number of para-hydroxylation sites is 1. The smallest absolute Gasteiger partial charge is 0.312 e. The number of hydrogen-bond acceptors (Lipinski definition) is 6. The zero-order valence-corrected chi connectivity index (χ0v) is 15.8. The van der Waals surface area contributed by atoms with Gasteiger partial charge in [-0.15, -0.1) is 0 Å². The fraction of sp³-hybridized carbons (Fsp3) is 0.529. The van der Waals surface area contributed by atoms with Crippen LogP contribution >= 0.6 is 0 Å². The molecule has 0 aliphatic carbocycles. The van der Waals surface area contributed by atoms with Crippen LogP contribution < -0.4 is 10.1 Å². The minimum atomic E-state index is -3.17. The van der Waals surface area contributed by atoms with Gasteiger partial charge in [-0.1, -0.05) is 18.2 Å². The number of nitrogens with one attached hydrogen (secondary N) is 1. The van der Waals surface area contributed by atoms with Crippen molar-refractivity contribution in [2.45, 2.75) is 19.0 Å². The second kappa shape index (κ2) is 9.00. The molecular weight excluding hydrogens is 360 g/mol. The van der Waals surface area contributed by atoms with Gasteiger partial charge in [-0.3, -0.25) is 9.59 Å². The molecule has 1 aliphatic heterocycles. The Bertz CT molecular complexity index is 749. The number of carbonyl (C=O) groups is 2. The molecule has 1 fully saturated rings. The first-order valence-corrected chi connectivity index (χ1v) is 10.1. The Balaban J connectivity index is 2.03. The van der Waals surface area contributed by atoms with Gasteiger partial charge in [-0.05, 0) is 12.5 Å². The summed E-state index contributed by atoms with van der Waals surface area (Å²) in [6.45, 7) is 0.523. The lowest BCUT2D eigenvalue weighted by Crippen LogP contribution is -2.49. The Hall–Kier alpha value is -2.13. The average molecular weight is 384 g/mol. The van der Waals surface area contributed by atoms with Crippen molar-refractivity contribution >= 4 is 21.7 Å². The van der Waals surface area contributed by atoms with Gasteiger partial charge in [0.25, 0.3) is 0 Å². The predicted octanol–water partition coefficient (Wildman–Crippen LogP) is -0.0265. The molecule has 0 saturated carbocycles. The molecule has 0 aromatic heterocycles. The molecular formula is C17H24N2O6S. The topological polar surface area (TPSA) is 102 Å². The summed E-state index contributed by atoms with van der Waals surface area (Å²) in [5.74, 6) is -1.02. The van der Waals surface area contributed by atoms with Crippen LogP contribution in [0.25, 0.3) is 0 Å². The van der Waals surface area contributed by atoms with E-state index in [0.717, 1.165) is 5.56 Å². The van der Waals surface area contributed by atoms with Crippen LogP contribution in [0.2, 0.25) is 0 Å². The normalized spacial score (nSPS) is 18.3. The largest absolute Gasteiger partial charge is 0.496 e.